The van der Waals surface area contributed by atoms with Gasteiger partial charge >= 0.3 is 0 Å². The lowest BCUT2D eigenvalue weighted by Crippen LogP contribution is -2.18. The molecule has 0 spiro atoms. The van der Waals surface area contributed by atoms with Gasteiger partial charge in [-0.2, -0.15) is 0 Å². The Morgan fingerprint density at radius 3 is 2.50 bits per heavy atom. The van der Waals surface area contributed by atoms with Gasteiger partial charge in [0.05, 0.1) is 0 Å². The summed E-state index contributed by atoms with van der Waals surface area (Å²) in [4.78, 5) is 1.47. The van der Waals surface area contributed by atoms with E-state index in [-0.39, 0.29) is 0 Å². The van der Waals surface area contributed by atoms with Gasteiger partial charge in [-0.3, -0.25) is 0 Å². The maximum absolute atomic E-state index is 3.41. The summed E-state index contributed by atoms with van der Waals surface area (Å²) in [6, 6.07) is 4.92. The molecule has 0 radical (unpaired) electrons. The molecule has 2 heteroatoms. The molecule has 1 aromatic heterocycles. The normalized spacial score (nSPS) is 13.4. The van der Waals surface area contributed by atoms with E-state index in [2.05, 4.69) is 43.7 Å². The first kappa shape index (κ1) is 11.7. The van der Waals surface area contributed by atoms with E-state index >= 15 is 0 Å². The third-order valence-electron chi connectivity index (χ3n) is 2.96. The summed E-state index contributed by atoms with van der Waals surface area (Å²) in [5, 5.41) is 5.57. The molecule has 0 aliphatic carbocycles. The van der Waals surface area contributed by atoms with Gasteiger partial charge in [0, 0.05) is 10.9 Å². The number of thiophene rings is 1. The lowest BCUT2D eigenvalue weighted by atomic mass is 9.94. The van der Waals surface area contributed by atoms with Gasteiger partial charge in [0.15, 0.2) is 0 Å². The van der Waals surface area contributed by atoms with Gasteiger partial charge in [0.25, 0.3) is 0 Å². The quantitative estimate of drug-likeness (QED) is 0.754. The molecule has 0 aromatic carbocycles. The molecule has 80 valence electrons. The summed E-state index contributed by atoms with van der Waals surface area (Å²) in [5.41, 5.74) is 0. The standard InChI is InChI=1S/C12H21NS/c1-4-10(5-2)9-11(13-3)12-7-6-8-14-12/h6-8,10-11,13H,4-5,9H2,1-3H3. The van der Waals surface area contributed by atoms with Crippen molar-refractivity contribution in [3.05, 3.63) is 22.4 Å². The third-order valence-corrected chi connectivity index (χ3v) is 3.94. The monoisotopic (exact) mass is 211 g/mol. The number of rotatable bonds is 6. The summed E-state index contributed by atoms with van der Waals surface area (Å²) in [6.45, 7) is 4.57. The molecular weight excluding hydrogens is 190 g/mol. The van der Waals surface area contributed by atoms with E-state index in [1.165, 1.54) is 24.1 Å². The van der Waals surface area contributed by atoms with Gasteiger partial charge in [-0.25, -0.2) is 0 Å². The van der Waals surface area contributed by atoms with Crippen LogP contribution in [0.4, 0.5) is 0 Å². The topological polar surface area (TPSA) is 12.0 Å². The van der Waals surface area contributed by atoms with Crippen LogP contribution >= 0.6 is 11.3 Å². The van der Waals surface area contributed by atoms with E-state index < -0.39 is 0 Å². The Labute approximate surface area is 91.5 Å². The molecule has 0 saturated carbocycles. The molecule has 0 aliphatic heterocycles. The Morgan fingerprint density at radius 2 is 2.07 bits per heavy atom. The van der Waals surface area contributed by atoms with Crippen molar-refractivity contribution in [3.8, 4) is 0 Å². The highest BCUT2D eigenvalue weighted by molar-refractivity contribution is 7.10. The average Bonchev–Trinajstić information content (AvgIpc) is 2.73. The molecule has 14 heavy (non-hydrogen) atoms. The molecule has 1 N–H and O–H groups in total. The second-order valence-corrected chi connectivity index (χ2v) is 4.75. The fourth-order valence-electron chi connectivity index (χ4n) is 1.82. The van der Waals surface area contributed by atoms with E-state index in [1.54, 1.807) is 0 Å². The molecule has 1 atom stereocenters. The highest BCUT2D eigenvalue weighted by Crippen LogP contribution is 2.27. The molecule has 0 amide bonds. The van der Waals surface area contributed by atoms with Crippen LogP contribution in [0.3, 0.4) is 0 Å². The molecule has 1 aromatic rings. The lowest BCUT2D eigenvalue weighted by Gasteiger charge is -2.20. The molecule has 1 nitrogen and oxygen atoms in total. The van der Waals surface area contributed by atoms with Gasteiger partial charge in [0.2, 0.25) is 0 Å². The molecule has 0 fully saturated rings. The first-order valence-corrected chi connectivity index (χ1v) is 6.40. The van der Waals surface area contributed by atoms with Crippen molar-refractivity contribution < 1.29 is 0 Å². The van der Waals surface area contributed by atoms with Crippen LogP contribution in [-0.2, 0) is 0 Å². The van der Waals surface area contributed by atoms with Crippen LogP contribution in [0.25, 0.3) is 0 Å². The van der Waals surface area contributed by atoms with Crippen molar-refractivity contribution in [2.45, 2.75) is 39.2 Å². The van der Waals surface area contributed by atoms with Gasteiger partial charge in [-0.15, -0.1) is 11.3 Å². The predicted octanol–water partition coefficient (Wildman–Crippen LogP) is 3.83. The maximum Gasteiger partial charge on any atom is 0.0414 e. The van der Waals surface area contributed by atoms with Crippen LogP contribution in [0.1, 0.15) is 44.0 Å². The highest BCUT2D eigenvalue weighted by Gasteiger charge is 2.14. The van der Waals surface area contributed by atoms with Crippen molar-refractivity contribution in [1.82, 2.24) is 5.32 Å². The second-order valence-electron chi connectivity index (χ2n) is 3.77. The molecular formula is C12H21NS. The first-order chi connectivity index (χ1) is 6.81. The van der Waals surface area contributed by atoms with E-state index in [9.17, 15) is 0 Å². The summed E-state index contributed by atoms with van der Waals surface area (Å²) in [6.07, 6.45) is 3.85. The minimum Gasteiger partial charge on any atom is -0.312 e. The van der Waals surface area contributed by atoms with Gasteiger partial charge < -0.3 is 5.32 Å². The molecule has 1 unspecified atom stereocenters. The van der Waals surface area contributed by atoms with Crippen LogP contribution in [0.5, 0.6) is 0 Å². The third kappa shape index (κ3) is 3.10. The minimum atomic E-state index is 0.555. The van der Waals surface area contributed by atoms with E-state index in [1.807, 2.05) is 11.3 Å². The van der Waals surface area contributed by atoms with E-state index in [0.29, 0.717) is 6.04 Å². The van der Waals surface area contributed by atoms with Crippen LogP contribution in [-0.4, -0.2) is 7.05 Å². The van der Waals surface area contributed by atoms with Crippen molar-refractivity contribution in [2.24, 2.45) is 5.92 Å². The summed E-state index contributed by atoms with van der Waals surface area (Å²) < 4.78 is 0. The molecule has 1 heterocycles. The molecule has 1 rings (SSSR count). The van der Waals surface area contributed by atoms with Crippen LogP contribution in [0.2, 0.25) is 0 Å². The largest absolute Gasteiger partial charge is 0.312 e. The zero-order valence-corrected chi connectivity index (χ0v) is 10.2. The van der Waals surface area contributed by atoms with Crippen molar-refractivity contribution in [2.75, 3.05) is 7.05 Å². The van der Waals surface area contributed by atoms with Crippen LogP contribution in [0.15, 0.2) is 17.5 Å². The Kier molecular flexibility index (Phi) is 5.20. The first-order valence-electron chi connectivity index (χ1n) is 5.52. The van der Waals surface area contributed by atoms with E-state index in [4.69, 9.17) is 0 Å². The van der Waals surface area contributed by atoms with Gasteiger partial charge in [-0.05, 0) is 30.8 Å². The van der Waals surface area contributed by atoms with Crippen molar-refractivity contribution in [1.29, 1.82) is 0 Å². The summed E-state index contributed by atoms with van der Waals surface area (Å²) >= 11 is 1.86. The van der Waals surface area contributed by atoms with Crippen LogP contribution in [0, 0.1) is 5.92 Å². The van der Waals surface area contributed by atoms with Crippen molar-refractivity contribution in [3.63, 3.8) is 0 Å². The summed E-state index contributed by atoms with van der Waals surface area (Å²) in [7, 11) is 2.06. The second kappa shape index (κ2) is 6.20. The number of nitrogens with one attached hydrogen (secondary N) is 1. The van der Waals surface area contributed by atoms with Crippen molar-refractivity contribution >= 4 is 11.3 Å². The fourth-order valence-corrected chi connectivity index (χ4v) is 2.67. The molecule has 0 bridgehead atoms. The maximum atomic E-state index is 3.41. The summed E-state index contributed by atoms with van der Waals surface area (Å²) in [5.74, 6) is 0.856. The Bertz CT molecular complexity index is 226. The Morgan fingerprint density at radius 1 is 1.36 bits per heavy atom. The highest BCUT2D eigenvalue weighted by atomic mass is 32.1. The Hall–Kier alpha value is -0.340. The number of hydrogen-bond donors (Lipinski definition) is 1. The van der Waals surface area contributed by atoms with Gasteiger partial charge in [0.1, 0.15) is 0 Å². The smallest absolute Gasteiger partial charge is 0.0414 e. The predicted molar refractivity (Wildman–Crippen MR) is 64.8 cm³/mol. The molecule has 0 aliphatic rings. The number of hydrogen-bond acceptors (Lipinski definition) is 2. The van der Waals surface area contributed by atoms with Crippen LogP contribution < -0.4 is 5.32 Å². The Balaban J connectivity index is 2.55. The lowest BCUT2D eigenvalue weighted by molar-refractivity contribution is 0.388. The van der Waals surface area contributed by atoms with E-state index in [0.717, 1.165) is 5.92 Å². The minimum absolute atomic E-state index is 0.555. The zero-order valence-electron chi connectivity index (χ0n) is 9.42. The zero-order chi connectivity index (χ0) is 10.4. The molecule has 0 saturated heterocycles. The van der Waals surface area contributed by atoms with Gasteiger partial charge in [-0.1, -0.05) is 32.8 Å². The average molecular weight is 211 g/mol. The fraction of sp³-hybridized carbons (Fsp3) is 0.667. The SMILES string of the molecule is CCC(CC)CC(NC)c1cccs1.